The van der Waals surface area contributed by atoms with Gasteiger partial charge in [0.1, 0.15) is 0 Å². The third-order valence-electron chi connectivity index (χ3n) is 5.34. The van der Waals surface area contributed by atoms with Gasteiger partial charge in [-0.05, 0) is 57.7 Å². The average Bonchev–Trinajstić information content (AvgIpc) is 3.11. The van der Waals surface area contributed by atoms with Crippen molar-refractivity contribution in [2.45, 2.75) is 59.4 Å². The zero-order chi connectivity index (χ0) is 19.4. The number of hydrogen-bond donors (Lipinski definition) is 4. The second kappa shape index (κ2) is 8.61. The molecule has 1 aromatic heterocycles. The number of nitrogen functional groups attached to an aromatic ring is 1. The molecule has 0 aliphatic heterocycles. The number of rotatable bonds is 7. The molecular weight excluding hydrogens is 334 g/mol. The summed E-state index contributed by atoms with van der Waals surface area (Å²) in [6, 6.07) is 7.06. The molecule has 2 aromatic rings. The Hall–Kier alpha value is -2.27. The number of hydrogen-bond acceptors (Lipinski definition) is 5. The number of nitrogens with two attached hydrogens (primary N) is 1. The Labute approximate surface area is 163 Å². The molecule has 1 fully saturated rings. The molecule has 0 radical (unpaired) electrons. The molecule has 0 saturated heterocycles. The van der Waals surface area contributed by atoms with Crippen molar-refractivity contribution in [3.05, 3.63) is 40.6 Å². The molecule has 0 bridgehead atoms. The van der Waals surface area contributed by atoms with Crippen molar-refractivity contribution in [1.29, 1.82) is 0 Å². The van der Waals surface area contributed by atoms with Gasteiger partial charge in [0, 0.05) is 30.5 Å². The lowest BCUT2D eigenvalue weighted by Crippen LogP contribution is -2.30. The van der Waals surface area contributed by atoms with Gasteiger partial charge in [0.05, 0.1) is 11.4 Å². The summed E-state index contributed by atoms with van der Waals surface area (Å²) in [7, 11) is 0. The van der Waals surface area contributed by atoms with Crippen LogP contribution in [0, 0.1) is 27.7 Å². The van der Waals surface area contributed by atoms with E-state index < -0.39 is 0 Å². The Bertz CT molecular complexity index is 771. The minimum absolute atomic E-state index is 0.667. The Morgan fingerprint density at radius 1 is 1.00 bits per heavy atom. The van der Waals surface area contributed by atoms with Crippen LogP contribution in [-0.2, 0) is 0 Å². The average molecular weight is 368 g/mol. The van der Waals surface area contributed by atoms with Crippen LogP contribution in [0.5, 0.6) is 0 Å². The molecule has 0 amide bonds. The van der Waals surface area contributed by atoms with Gasteiger partial charge in [0.2, 0.25) is 0 Å². The largest absolute Gasteiger partial charge is 0.394 e. The minimum atomic E-state index is 0.667. The summed E-state index contributed by atoms with van der Waals surface area (Å²) in [5.41, 5.74) is 13.7. The lowest BCUT2D eigenvalue weighted by molar-refractivity contribution is 0.536. The monoisotopic (exact) mass is 367 g/mol. The fourth-order valence-electron chi connectivity index (χ4n) is 4.02. The summed E-state index contributed by atoms with van der Waals surface area (Å²) >= 11 is 0. The molecule has 1 aromatic carbocycles. The first-order valence-electron chi connectivity index (χ1n) is 10.0. The summed E-state index contributed by atoms with van der Waals surface area (Å²) in [5.74, 6) is 0.719. The number of pyridine rings is 1. The molecule has 1 aliphatic rings. The lowest BCUT2D eigenvalue weighted by Gasteiger charge is -2.18. The molecule has 0 spiro atoms. The van der Waals surface area contributed by atoms with E-state index in [0.29, 0.717) is 11.7 Å². The maximum Gasteiger partial charge on any atom is 0.156 e. The third-order valence-corrected chi connectivity index (χ3v) is 5.34. The van der Waals surface area contributed by atoms with Crippen molar-refractivity contribution in [3.8, 4) is 0 Å². The molecule has 146 valence electrons. The third kappa shape index (κ3) is 4.92. The molecule has 27 heavy (non-hydrogen) atoms. The number of aryl methyl sites for hydroxylation is 4. The molecule has 1 saturated carbocycles. The predicted molar refractivity (Wildman–Crippen MR) is 116 cm³/mol. The second-order valence-electron chi connectivity index (χ2n) is 7.83. The van der Waals surface area contributed by atoms with Crippen LogP contribution in [0.1, 0.15) is 48.1 Å². The van der Waals surface area contributed by atoms with E-state index in [4.69, 9.17) is 5.73 Å². The number of anilines is 4. The number of benzene rings is 1. The highest BCUT2D eigenvalue weighted by atomic mass is 15.0. The highest BCUT2D eigenvalue weighted by Crippen LogP contribution is 2.32. The molecule has 0 atom stereocenters. The summed E-state index contributed by atoms with van der Waals surface area (Å²) in [6.07, 6.45) is 5.32. The Kier molecular flexibility index (Phi) is 6.22. The first kappa shape index (κ1) is 19.5. The number of aromatic nitrogens is 1. The lowest BCUT2D eigenvalue weighted by atomic mass is 10.0. The highest BCUT2D eigenvalue weighted by molar-refractivity contribution is 5.82. The zero-order valence-electron chi connectivity index (χ0n) is 17.1. The standard InChI is InChI=1S/C22H33N5/c1-14-11-15(2)21(16(3)12-14)27-22-20(23)19(13-17(4)26-22)25-10-9-24-18-7-5-6-8-18/h11-13,18,24H,5-10,23H2,1-4H3,(H2,25,26,27). The topological polar surface area (TPSA) is 75.0 Å². The smallest absolute Gasteiger partial charge is 0.156 e. The molecule has 5 N–H and O–H groups in total. The van der Waals surface area contributed by atoms with Crippen molar-refractivity contribution in [2.24, 2.45) is 0 Å². The van der Waals surface area contributed by atoms with E-state index in [2.05, 4.69) is 53.8 Å². The van der Waals surface area contributed by atoms with E-state index in [1.807, 2.05) is 13.0 Å². The van der Waals surface area contributed by atoms with E-state index in [-0.39, 0.29) is 0 Å². The van der Waals surface area contributed by atoms with E-state index in [1.54, 1.807) is 0 Å². The van der Waals surface area contributed by atoms with Crippen LogP contribution >= 0.6 is 0 Å². The van der Waals surface area contributed by atoms with Gasteiger partial charge in [0.25, 0.3) is 0 Å². The van der Waals surface area contributed by atoms with Gasteiger partial charge in [-0.15, -0.1) is 0 Å². The van der Waals surface area contributed by atoms with E-state index in [1.165, 1.54) is 42.4 Å². The second-order valence-corrected chi connectivity index (χ2v) is 7.83. The van der Waals surface area contributed by atoms with Gasteiger partial charge in [-0.3, -0.25) is 0 Å². The van der Waals surface area contributed by atoms with Crippen LogP contribution in [0.3, 0.4) is 0 Å². The van der Waals surface area contributed by atoms with Crippen LogP contribution in [0.15, 0.2) is 18.2 Å². The van der Waals surface area contributed by atoms with Crippen LogP contribution < -0.4 is 21.7 Å². The number of nitrogens with zero attached hydrogens (tertiary/aromatic N) is 1. The first-order valence-corrected chi connectivity index (χ1v) is 10.0. The quantitative estimate of drug-likeness (QED) is 0.539. The van der Waals surface area contributed by atoms with Crippen molar-refractivity contribution in [1.82, 2.24) is 10.3 Å². The first-order chi connectivity index (χ1) is 12.9. The summed E-state index contributed by atoms with van der Waals surface area (Å²) in [6.45, 7) is 10.1. The van der Waals surface area contributed by atoms with Crippen LogP contribution in [0.25, 0.3) is 0 Å². The maximum absolute atomic E-state index is 6.43. The number of nitrogens with one attached hydrogen (secondary N) is 3. The van der Waals surface area contributed by atoms with Crippen LogP contribution in [0.4, 0.5) is 22.9 Å². The van der Waals surface area contributed by atoms with Gasteiger partial charge in [-0.25, -0.2) is 4.98 Å². The zero-order valence-corrected chi connectivity index (χ0v) is 17.1. The molecule has 0 unspecified atom stereocenters. The Morgan fingerprint density at radius 3 is 2.33 bits per heavy atom. The van der Waals surface area contributed by atoms with Crippen LogP contribution in [0.2, 0.25) is 0 Å². The van der Waals surface area contributed by atoms with Crippen molar-refractivity contribution in [3.63, 3.8) is 0 Å². The van der Waals surface area contributed by atoms with Crippen molar-refractivity contribution in [2.75, 3.05) is 29.5 Å². The molecule has 5 nitrogen and oxygen atoms in total. The van der Waals surface area contributed by atoms with Gasteiger partial charge < -0.3 is 21.7 Å². The Morgan fingerprint density at radius 2 is 1.67 bits per heavy atom. The summed E-state index contributed by atoms with van der Waals surface area (Å²) in [5, 5.41) is 10.6. The summed E-state index contributed by atoms with van der Waals surface area (Å²) < 4.78 is 0. The molecule has 1 heterocycles. The fourth-order valence-corrected chi connectivity index (χ4v) is 4.02. The van der Waals surface area contributed by atoms with E-state index in [9.17, 15) is 0 Å². The van der Waals surface area contributed by atoms with Gasteiger partial charge >= 0.3 is 0 Å². The minimum Gasteiger partial charge on any atom is -0.394 e. The normalized spacial score (nSPS) is 14.5. The highest BCUT2D eigenvalue weighted by Gasteiger charge is 2.14. The van der Waals surface area contributed by atoms with Gasteiger partial charge in [-0.1, -0.05) is 30.5 Å². The van der Waals surface area contributed by atoms with E-state index in [0.717, 1.165) is 36.0 Å². The molecule has 3 rings (SSSR count). The van der Waals surface area contributed by atoms with Crippen molar-refractivity contribution < 1.29 is 0 Å². The Balaban J connectivity index is 1.69. The van der Waals surface area contributed by atoms with E-state index >= 15 is 0 Å². The van der Waals surface area contributed by atoms with Crippen LogP contribution in [-0.4, -0.2) is 24.1 Å². The SMILES string of the molecule is Cc1cc(C)c(Nc2nc(C)cc(NCCNC3CCCC3)c2N)c(C)c1. The van der Waals surface area contributed by atoms with Gasteiger partial charge in [-0.2, -0.15) is 0 Å². The predicted octanol–water partition coefficient (Wildman–Crippen LogP) is 4.59. The molecule has 1 aliphatic carbocycles. The molecule has 5 heteroatoms. The summed E-state index contributed by atoms with van der Waals surface area (Å²) in [4.78, 5) is 4.63. The van der Waals surface area contributed by atoms with Gasteiger partial charge in [0.15, 0.2) is 5.82 Å². The fraction of sp³-hybridized carbons (Fsp3) is 0.500. The van der Waals surface area contributed by atoms with Crippen molar-refractivity contribution >= 4 is 22.9 Å². The molecular formula is C22H33N5. The maximum atomic E-state index is 6.43.